The van der Waals surface area contributed by atoms with E-state index >= 15 is 0 Å². The van der Waals surface area contributed by atoms with Crippen molar-refractivity contribution in [3.05, 3.63) is 90.1 Å². The average molecular weight is 413 g/mol. The number of halogens is 1. The van der Waals surface area contributed by atoms with Gasteiger partial charge in [-0.2, -0.15) is 0 Å². The molecule has 0 atom stereocenters. The second-order valence-electron chi connectivity index (χ2n) is 7.43. The van der Waals surface area contributed by atoms with Gasteiger partial charge in [-0.05, 0) is 60.5 Å². The molecule has 0 fully saturated rings. The number of anilines is 2. The van der Waals surface area contributed by atoms with E-state index in [1.807, 2.05) is 55.7 Å². The monoisotopic (exact) mass is 413 g/mol. The van der Waals surface area contributed by atoms with Gasteiger partial charge in [0.15, 0.2) is 0 Å². The molecule has 3 aromatic heterocycles. The number of rotatable bonds is 4. The summed E-state index contributed by atoms with van der Waals surface area (Å²) in [5.74, 6) is -0.396. The van der Waals surface area contributed by atoms with Crippen LogP contribution in [0.1, 0.15) is 11.1 Å². The lowest BCUT2D eigenvalue weighted by Crippen LogP contribution is -2.20. The van der Waals surface area contributed by atoms with E-state index in [-0.39, 0.29) is 0 Å². The molecule has 0 aliphatic rings. The average Bonchev–Trinajstić information content (AvgIpc) is 3.39. The number of hydrogen-bond acceptors (Lipinski definition) is 2. The van der Waals surface area contributed by atoms with Gasteiger partial charge in [0.05, 0.1) is 11.2 Å². The van der Waals surface area contributed by atoms with Crippen LogP contribution in [0.25, 0.3) is 21.9 Å². The first-order valence-corrected chi connectivity index (χ1v) is 9.91. The summed E-state index contributed by atoms with van der Waals surface area (Å²) in [5.41, 5.74) is 4.93. The van der Waals surface area contributed by atoms with Gasteiger partial charge in [-0.25, -0.2) is 14.2 Å². The smallest absolute Gasteiger partial charge is 0.323 e. The number of benzene rings is 2. The van der Waals surface area contributed by atoms with E-state index in [0.29, 0.717) is 17.9 Å². The molecular formula is C24H20FN5O. The van der Waals surface area contributed by atoms with Gasteiger partial charge < -0.3 is 20.2 Å². The first kappa shape index (κ1) is 18.9. The molecule has 3 N–H and O–H groups in total. The quantitative estimate of drug-likeness (QED) is 0.356. The van der Waals surface area contributed by atoms with E-state index in [0.717, 1.165) is 33.1 Å². The molecule has 0 radical (unpaired) electrons. The summed E-state index contributed by atoms with van der Waals surface area (Å²) in [6.07, 6.45) is 5.69. The highest BCUT2D eigenvalue weighted by atomic mass is 19.1. The maximum absolute atomic E-state index is 13.5. The Morgan fingerprint density at radius 2 is 1.94 bits per heavy atom. The number of nitrogens with zero attached hydrogens (tertiary/aromatic N) is 2. The number of hydrogen-bond donors (Lipinski definition) is 3. The van der Waals surface area contributed by atoms with Crippen molar-refractivity contribution in [2.24, 2.45) is 0 Å². The standard InChI is InChI=1S/C24H20FN5O/c1-15-5-6-17(25)13-21(15)29-24(31)28-20-3-2-4-22-19(20)9-12-30(22)14-16-7-10-26-23-18(16)8-11-27-23/h2-13H,14H2,1H3,(H,26,27)(H2,28,29,31). The molecule has 2 amide bonds. The van der Waals surface area contributed by atoms with Crippen LogP contribution in [0.5, 0.6) is 0 Å². The number of carbonyl (C=O) groups is 1. The van der Waals surface area contributed by atoms with Crippen LogP contribution in [0.15, 0.2) is 73.2 Å². The summed E-state index contributed by atoms with van der Waals surface area (Å²) in [6, 6.07) is 15.7. The molecule has 5 rings (SSSR count). The third kappa shape index (κ3) is 3.61. The number of aryl methyl sites for hydroxylation is 1. The van der Waals surface area contributed by atoms with Crippen molar-refractivity contribution in [1.29, 1.82) is 0 Å². The third-order valence-electron chi connectivity index (χ3n) is 5.40. The van der Waals surface area contributed by atoms with Crippen LogP contribution in [-0.4, -0.2) is 20.6 Å². The van der Waals surface area contributed by atoms with Crippen LogP contribution in [0.2, 0.25) is 0 Å². The van der Waals surface area contributed by atoms with Gasteiger partial charge >= 0.3 is 6.03 Å². The lowest BCUT2D eigenvalue weighted by molar-refractivity contribution is 0.262. The van der Waals surface area contributed by atoms with Crippen molar-refractivity contribution < 1.29 is 9.18 Å². The SMILES string of the molecule is Cc1ccc(F)cc1NC(=O)Nc1cccc2c1ccn2Cc1ccnc2[nH]ccc12. The minimum Gasteiger partial charge on any atom is -0.346 e. The van der Waals surface area contributed by atoms with E-state index in [1.165, 1.54) is 12.1 Å². The van der Waals surface area contributed by atoms with Gasteiger partial charge in [0.1, 0.15) is 11.5 Å². The molecule has 0 unspecified atom stereocenters. The van der Waals surface area contributed by atoms with Crippen LogP contribution in [0, 0.1) is 12.7 Å². The molecule has 31 heavy (non-hydrogen) atoms. The molecule has 0 spiro atoms. The van der Waals surface area contributed by atoms with Crippen LogP contribution in [-0.2, 0) is 6.54 Å². The van der Waals surface area contributed by atoms with Crippen molar-refractivity contribution in [1.82, 2.24) is 14.5 Å². The fourth-order valence-corrected chi connectivity index (χ4v) is 3.81. The van der Waals surface area contributed by atoms with Crippen LogP contribution in [0.4, 0.5) is 20.6 Å². The van der Waals surface area contributed by atoms with Crippen molar-refractivity contribution in [3.63, 3.8) is 0 Å². The number of aromatic nitrogens is 3. The van der Waals surface area contributed by atoms with Crippen LogP contribution < -0.4 is 10.6 Å². The lowest BCUT2D eigenvalue weighted by Gasteiger charge is -2.12. The van der Waals surface area contributed by atoms with Crippen molar-refractivity contribution >= 4 is 39.3 Å². The highest BCUT2D eigenvalue weighted by Gasteiger charge is 2.11. The van der Waals surface area contributed by atoms with E-state index in [9.17, 15) is 9.18 Å². The Morgan fingerprint density at radius 1 is 1.06 bits per heavy atom. The third-order valence-corrected chi connectivity index (χ3v) is 5.40. The maximum atomic E-state index is 13.5. The normalized spacial score (nSPS) is 11.2. The van der Waals surface area contributed by atoms with Gasteiger partial charge in [0.25, 0.3) is 0 Å². The van der Waals surface area contributed by atoms with Gasteiger partial charge in [0.2, 0.25) is 0 Å². The van der Waals surface area contributed by atoms with Gasteiger partial charge in [-0.1, -0.05) is 12.1 Å². The van der Waals surface area contributed by atoms with Crippen LogP contribution >= 0.6 is 0 Å². The topological polar surface area (TPSA) is 74.7 Å². The Balaban J connectivity index is 1.41. The van der Waals surface area contributed by atoms with E-state index < -0.39 is 11.8 Å². The summed E-state index contributed by atoms with van der Waals surface area (Å²) >= 11 is 0. The molecule has 7 heteroatoms. The first-order valence-electron chi connectivity index (χ1n) is 9.91. The summed E-state index contributed by atoms with van der Waals surface area (Å²) in [6.45, 7) is 2.49. The number of fused-ring (bicyclic) bond motifs is 2. The molecule has 5 aromatic rings. The van der Waals surface area contributed by atoms with Gasteiger partial charge in [-0.3, -0.25) is 0 Å². The highest BCUT2D eigenvalue weighted by Crippen LogP contribution is 2.27. The molecule has 0 bridgehead atoms. The molecule has 0 saturated heterocycles. The Hall–Kier alpha value is -4.13. The number of H-pyrrole nitrogens is 1. The fourth-order valence-electron chi connectivity index (χ4n) is 3.81. The van der Waals surface area contributed by atoms with E-state index in [1.54, 1.807) is 12.3 Å². The Kier molecular flexibility index (Phi) is 4.63. The van der Waals surface area contributed by atoms with Gasteiger partial charge in [-0.15, -0.1) is 0 Å². The molecular weight excluding hydrogens is 393 g/mol. The molecule has 6 nitrogen and oxygen atoms in total. The van der Waals surface area contributed by atoms with E-state index in [2.05, 4.69) is 25.2 Å². The van der Waals surface area contributed by atoms with Crippen molar-refractivity contribution in [2.45, 2.75) is 13.5 Å². The van der Waals surface area contributed by atoms with Gasteiger partial charge in [0, 0.05) is 41.6 Å². The molecule has 0 aliphatic carbocycles. The second kappa shape index (κ2) is 7.60. The summed E-state index contributed by atoms with van der Waals surface area (Å²) in [7, 11) is 0. The number of urea groups is 1. The molecule has 0 saturated carbocycles. The van der Waals surface area contributed by atoms with E-state index in [4.69, 9.17) is 0 Å². The number of aromatic amines is 1. The van der Waals surface area contributed by atoms with Crippen LogP contribution in [0.3, 0.4) is 0 Å². The van der Waals surface area contributed by atoms with Crippen molar-refractivity contribution in [2.75, 3.05) is 10.6 Å². The summed E-state index contributed by atoms with van der Waals surface area (Å²) < 4.78 is 15.6. The lowest BCUT2D eigenvalue weighted by atomic mass is 10.2. The Morgan fingerprint density at radius 3 is 2.84 bits per heavy atom. The Labute approximate surface area is 177 Å². The predicted molar refractivity (Wildman–Crippen MR) is 121 cm³/mol. The minimum absolute atomic E-state index is 0.396. The second-order valence-corrected chi connectivity index (χ2v) is 7.43. The summed E-state index contributed by atoms with van der Waals surface area (Å²) in [4.78, 5) is 20.0. The number of amides is 2. The molecule has 3 heterocycles. The molecule has 0 aliphatic heterocycles. The fraction of sp³-hybridized carbons (Fsp3) is 0.0833. The number of pyridine rings is 1. The number of carbonyl (C=O) groups excluding carboxylic acids is 1. The molecule has 154 valence electrons. The largest absolute Gasteiger partial charge is 0.346 e. The first-order chi connectivity index (χ1) is 15.1. The molecule has 2 aromatic carbocycles. The summed E-state index contributed by atoms with van der Waals surface area (Å²) in [5, 5.41) is 7.61. The highest BCUT2D eigenvalue weighted by molar-refractivity contribution is 6.06. The minimum atomic E-state index is -0.419. The zero-order valence-corrected chi connectivity index (χ0v) is 16.8. The zero-order valence-electron chi connectivity index (χ0n) is 16.8. The number of nitrogens with one attached hydrogen (secondary N) is 3. The maximum Gasteiger partial charge on any atom is 0.323 e. The predicted octanol–water partition coefficient (Wildman–Crippen LogP) is 5.66. The Bertz CT molecular complexity index is 1420. The zero-order chi connectivity index (χ0) is 21.4. The van der Waals surface area contributed by atoms with Crippen molar-refractivity contribution in [3.8, 4) is 0 Å².